The van der Waals surface area contributed by atoms with Gasteiger partial charge in [0.2, 0.25) is 5.82 Å². The van der Waals surface area contributed by atoms with Crippen molar-refractivity contribution in [2.75, 3.05) is 43.4 Å². The molecular formula is C27H28N8O2. The summed E-state index contributed by atoms with van der Waals surface area (Å²) < 4.78 is 13.2. The van der Waals surface area contributed by atoms with E-state index >= 15 is 0 Å². The molecule has 188 valence electrons. The summed E-state index contributed by atoms with van der Waals surface area (Å²) in [6.45, 7) is 4.59. The predicted molar refractivity (Wildman–Crippen MR) is 140 cm³/mol. The Morgan fingerprint density at radius 1 is 1.03 bits per heavy atom. The Morgan fingerprint density at radius 3 is 2.92 bits per heavy atom. The number of benzene rings is 1. The van der Waals surface area contributed by atoms with E-state index in [1.165, 1.54) is 0 Å². The summed E-state index contributed by atoms with van der Waals surface area (Å²) in [7, 11) is 0. The van der Waals surface area contributed by atoms with Crippen molar-refractivity contribution >= 4 is 28.3 Å². The molecule has 2 saturated heterocycles. The Hall–Kier alpha value is -4.18. The van der Waals surface area contributed by atoms with Gasteiger partial charge >= 0.3 is 0 Å². The zero-order chi connectivity index (χ0) is 24.8. The van der Waals surface area contributed by atoms with E-state index in [1.807, 2.05) is 42.6 Å². The second kappa shape index (κ2) is 9.04. The average molecular weight is 497 g/mol. The molecule has 0 bridgehead atoms. The first-order valence-corrected chi connectivity index (χ1v) is 12.7. The molecule has 2 aliphatic rings. The summed E-state index contributed by atoms with van der Waals surface area (Å²) in [5, 5.41) is 5.56. The average Bonchev–Trinajstić information content (AvgIpc) is 3.62. The van der Waals surface area contributed by atoms with Crippen molar-refractivity contribution in [3.63, 3.8) is 0 Å². The van der Waals surface area contributed by atoms with Gasteiger partial charge in [-0.15, -0.1) is 5.10 Å². The van der Waals surface area contributed by atoms with Crippen LogP contribution in [0.25, 0.3) is 28.3 Å². The maximum atomic E-state index is 6.33. The minimum atomic E-state index is 0.479. The van der Waals surface area contributed by atoms with Crippen molar-refractivity contribution in [3.8, 4) is 17.3 Å². The summed E-state index contributed by atoms with van der Waals surface area (Å²) >= 11 is 0. The summed E-state index contributed by atoms with van der Waals surface area (Å²) in [6.07, 6.45) is 5.70. The van der Waals surface area contributed by atoms with Crippen LogP contribution in [0.1, 0.15) is 12.8 Å². The van der Waals surface area contributed by atoms with Crippen LogP contribution in [-0.4, -0.2) is 68.3 Å². The van der Waals surface area contributed by atoms with Gasteiger partial charge in [-0.2, -0.15) is 14.5 Å². The molecule has 2 N–H and O–H groups in total. The zero-order valence-electron chi connectivity index (χ0n) is 20.4. The quantitative estimate of drug-likeness (QED) is 0.391. The third kappa shape index (κ3) is 4.23. The van der Waals surface area contributed by atoms with Crippen LogP contribution in [0.2, 0.25) is 0 Å². The van der Waals surface area contributed by atoms with Crippen LogP contribution in [0, 0.1) is 5.92 Å². The number of rotatable bonds is 5. The van der Waals surface area contributed by atoms with E-state index in [0.717, 1.165) is 68.1 Å². The predicted octanol–water partition coefficient (Wildman–Crippen LogP) is 3.49. The maximum Gasteiger partial charge on any atom is 0.256 e. The molecule has 0 spiro atoms. The van der Waals surface area contributed by atoms with Crippen LogP contribution >= 0.6 is 0 Å². The first kappa shape index (κ1) is 22.1. The van der Waals surface area contributed by atoms with Gasteiger partial charge in [-0.25, -0.2) is 0 Å². The Kier molecular flexibility index (Phi) is 5.39. The topological polar surface area (TPSA) is 111 Å². The van der Waals surface area contributed by atoms with E-state index in [9.17, 15) is 0 Å². The number of nitrogen functional groups attached to an aromatic ring is 1. The normalized spacial score (nSPS) is 20.4. The zero-order valence-corrected chi connectivity index (χ0v) is 20.4. The number of piperazine rings is 1. The number of nitrogens with two attached hydrogens (primary N) is 1. The van der Waals surface area contributed by atoms with E-state index in [1.54, 1.807) is 10.8 Å². The number of piperidine rings is 1. The highest BCUT2D eigenvalue weighted by Gasteiger charge is 2.34. The van der Waals surface area contributed by atoms with Crippen LogP contribution < -0.4 is 15.4 Å². The molecule has 2 atom stereocenters. The lowest BCUT2D eigenvalue weighted by atomic mass is 9.91. The molecule has 0 amide bonds. The molecule has 6 heterocycles. The lowest BCUT2D eigenvalue weighted by Gasteiger charge is -2.46. The monoisotopic (exact) mass is 496 g/mol. The molecule has 4 aromatic heterocycles. The van der Waals surface area contributed by atoms with E-state index in [-0.39, 0.29) is 0 Å². The van der Waals surface area contributed by atoms with E-state index in [2.05, 4.69) is 37.0 Å². The number of fused-ring (bicyclic) bond motifs is 3. The molecule has 10 nitrogen and oxygen atoms in total. The van der Waals surface area contributed by atoms with Crippen molar-refractivity contribution in [1.82, 2.24) is 29.5 Å². The van der Waals surface area contributed by atoms with Gasteiger partial charge in [0, 0.05) is 55.8 Å². The van der Waals surface area contributed by atoms with Gasteiger partial charge in [0.05, 0.1) is 18.4 Å². The van der Waals surface area contributed by atoms with Crippen molar-refractivity contribution in [1.29, 1.82) is 0 Å². The third-order valence-corrected chi connectivity index (χ3v) is 7.46. The van der Waals surface area contributed by atoms with Gasteiger partial charge in [0.25, 0.3) is 5.78 Å². The minimum absolute atomic E-state index is 0.479. The number of pyridine rings is 1. The minimum Gasteiger partial charge on any atom is -0.493 e. The van der Waals surface area contributed by atoms with Crippen molar-refractivity contribution < 1.29 is 9.15 Å². The number of hydrogen-bond donors (Lipinski definition) is 1. The van der Waals surface area contributed by atoms with Crippen molar-refractivity contribution in [3.05, 3.63) is 61.0 Å². The van der Waals surface area contributed by atoms with Gasteiger partial charge < -0.3 is 19.8 Å². The number of nitrogens with zero attached hydrogens (tertiary/aromatic N) is 7. The number of aromatic nitrogens is 5. The van der Waals surface area contributed by atoms with Gasteiger partial charge in [0.1, 0.15) is 17.4 Å². The molecule has 2 aliphatic heterocycles. The van der Waals surface area contributed by atoms with Crippen LogP contribution in [0.15, 0.2) is 65.4 Å². The SMILES string of the molecule is Nc1cc(N2CCN3CC(COc4ccc5ncccc5c4)CCC3C2)nc2nc(-c3ccco3)nn12. The lowest BCUT2D eigenvalue weighted by Crippen LogP contribution is -2.57. The fourth-order valence-electron chi connectivity index (χ4n) is 5.51. The Bertz CT molecular complexity index is 1550. The Labute approximate surface area is 213 Å². The molecule has 5 aromatic rings. The fraction of sp³-hybridized carbons (Fsp3) is 0.333. The summed E-state index contributed by atoms with van der Waals surface area (Å²) in [4.78, 5) is 18.6. The third-order valence-electron chi connectivity index (χ3n) is 7.46. The van der Waals surface area contributed by atoms with Crippen LogP contribution in [0.3, 0.4) is 0 Å². The Morgan fingerprint density at radius 2 is 2.00 bits per heavy atom. The van der Waals surface area contributed by atoms with Gasteiger partial charge in [0.15, 0.2) is 5.76 Å². The number of ether oxygens (including phenoxy) is 1. The molecule has 7 rings (SSSR count). The number of furan rings is 1. The second-order valence-electron chi connectivity index (χ2n) is 9.87. The summed E-state index contributed by atoms with van der Waals surface area (Å²) in [5.74, 6) is 4.35. The largest absolute Gasteiger partial charge is 0.493 e. The maximum absolute atomic E-state index is 6.33. The summed E-state index contributed by atoms with van der Waals surface area (Å²) in [6, 6.07) is 16.2. The van der Waals surface area contributed by atoms with E-state index < -0.39 is 0 Å². The lowest BCUT2D eigenvalue weighted by molar-refractivity contribution is 0.0728. The van der Waals surface area contributed by atoms with Gasteiger partial charge in [-0.1, -0.05) is 6.07 Å². The molecule has 2 fully saturated rings. The smallest absolute Gasteiger partial charge is 0.256 e. The molecule has 0 saturated carbocycles. The van der Waals surface area contributed by atoms with Crippen LogP contribution in [0.5, 0.6) is 5.75 Å². The number of hydrogen-bond acceptors (Lipinski definition) is 9. The first-order valence-electron chi connectivity index (χ1n) is 12.7. The number of anilines is 2. The standard InChI is InChI=1S/C27H28N8O2/c28-24-14-25(30-27-31-26(32-35(24)27)23-4-2-12-36-23)34-11-10-33-15-18(5-6-20(33)16-34)17-37-21-7-8-22-19(13-21)3-1-9-29-22/h1-4,7-9,12-14,18,20H,5-6,10-11,15-17,28H2. The fourth-order valence-corrected chi connectivity index (χ4v) is 5.51. The molecule has 0 radical (unpaired) electrons. The molecule has 0 aliphatic carbocycles. The Balaban J connectivity index is 0.996. The summed E-state index contributed by atoms with van der Waals surface area (Å²) in [5.41, 5.74) is 7.32. The second-order valence-corrected chi connectivity index (χ2v) is 9.87. The molecule has 10 heteroatoms. The molecule has 37 heavy (non-hydrogen) atoms. The highest BCUT2D eigenvalue weighted by molar-refractivity contribution is 5.79. The van der Waals surface area contributed by atoms with Crippen LogP contribution in [0.4, 0.5) is 11.6 Å². The van der Waals surface area contributed by atoms with E-state index in [4.69, 9.17) is 19.9 Å². The highest BCUT2D eigenvalue weighted by atomic mass is 16.5. The van der Waals surface area contributed by atoms with Gasteiger partial charge in [-0.05, 0) is 49.2 Å². The first-order chi connectivity index (χ1) is 18.2. The molecule has 1 aromatic carbocycles. The van der Waals surface area contributed by atoms with Crippen molar-refractivity contribution in [2.24, 2.45) is 5.92 Å². The van der Waals surface area contributed by atoms with E-state index in [0.29, 0.717) is 35.1 Å². The van der Waals surface area contributed by atoms with Crippen LogP contribution in [-0.2, 0) is 0 Å². The highest BCUT2D eigenvalue weighted by Crippen LogP contribution is 2.29. The molecule has 2 unspecified atom stereocenters. The van der Waals surface area contributed by atoms with Crippen molar-refractivity contribution in [2.45, 2.75) is 18.9 Å². The molecular weight excluding hydrogens is 468 g/mol. The van der Waals surface area contributed by atoms with Gasteiger partial charge in [-0.3, -0.25) is 9.88 Å².